The van der Waals surface area contributed by atoms with E-state index in [1.165, 1.54) is 83.5 Å². The van der Waals surface area contributed by atoms with Crippen molar-refractivity contribution in [2.75, 3.05) is 47.5 Å². The smallest absolute Gasteiger partial charge is 0.462 e. The third kappa shape index (κ3) is 34.6. The summed E-state index contributed by atoms with van der Waals surface area (Å²) in [5.41, 5.74) is 0. The average molecular weight is 705 g/mol. The molecule has 0 aliphatic rings. The van der Waals surface area contributed by atoms with E-state index < -0.39 is 26.5 Å². The molecule has 0 aromatic carbocycles. The van der Waals surface area contributed by atoms with Crippen molar-refractivity contribution >= 4 is 19.8 Å². The third-order valence-corrected chi connectivity index (χ3v) is 9.28. The molecule has 0 fully saturated rings. The summed E-state index contributed by atoms with van der Waals surface area (Å²) < 4.78 is 34.1. The van der Waals surface area contributed by atoms with Gasteiger partial charge in [-0.2, -0.15) is 0 Å². The molecule has 0 rings (SSSR count). The molecule has 284 valence electrons. The Hall–Kier alpha value is -1.25. The van der Waals surface area contributed by atoms with Gasteiger partial charge in [-0.1, -0.05) is 129 Å². The van der Waals surface area contributed by atoms with Crippen molar-refractivity contribution < 1.29 is 42.1 Å². The molecular formula is C38H75NO8P+. The van der Waals surface area contributed by atoms with Gasteiger partial charge in [0, 0.05) is 12.8 Å². The summed E-state index contributed by atoms with van der Waals surface area (Å²) in [7, 11) is 1.48. The van der Waals surface area contributed by atoms with E-state index in [0.717, 1.165) is 51.4 Å². The SMILES string of the molecule is CCCCCCCC/C=C/CCCCCCCC(=O)OC[C@@H](COP(=O)(O)OCC[N+](C)(C)C)OC(=O)CCCCCCCCCCC. The highest BCUT2D eigenvalue weighted by atomic mass is 31.2. The summed E-state index contributed by atoms with van der Waals surface area (Å²) in [5.74, 6) is -0.808. The summed E-state index contributed by atoms with van der Waals surface area (Å²) in [6.07, 6.45) is 29.7. The number of phosphoric ester groups is 1. The first-order valence-corrected chi connectivity index (χ1v) is 20.9. The molecule has 0 aromatic heterocycles. The van der Waals surface area contributed by atoms with Gasteiger partial charge in [-0.3, -0.25) is 18.6 Å². The molecule has 2 atom stereocenters. The lowest BCUT2D eigenvalue weighted by Gasteiger charge is -2.24. The van der Waals surface area contributed by atoms with E-state index >= 15 is 0 Å². The van der Waals surface area contributed by atoms with Crippen LogP contribution in [0.5, 0.6) is 0 Å². The van der Waals surface area contributed by atoms with Crippen molar-refractivity contribution in [2.45, 2.75) is 174 Å². The standard InChI is InChI=1S/C38H74NO8P/c1-6-8-10-12-14-16-17-18-19-20-21-23-24-26-28-30-37(40)44-34-36(35-46-48(42,43)45-33-32-39(3,4)5)47-38(41)31-29-27-25-22-15-13-11-9-7-2/h18-19,36H,6-17,20-35H2,1-5H3/p+1/b19-18+/t36-/m0/s1. The predicted octanol–water partition coefficient (Wildman–Crippen LogP) is 10.2. The number of hydrogen-bond acceptors (Lipinski definition) is 7. The number of likely N-dealkylation sites (N-methyl/N-ethyl adjacent to an activating group) is 1. The maximum absolute atomic E-state index is 12.6. The molecule has 48 heavy (non-hydrogen) atoms. The minimum atomic E-state index is -4.36. The van der Waals surface area contributed by atoms with Gasteiger partial charge in [0.15, 0.2) is 6.10 Å². The number of unbranched alkanes of at least 4 members (excludes halogenated alkanes) is 19. The van der Waals surface area contributed by atoms with Gasteiger partial charge >= 0.3 is 19.8 Å². The van der Waals surface area contributed by atoms with Crippen LogP contribution in [0.2, 0.25) is 0 Å². The lowest BCUT2D eigenvalue weighted by molar-refractivity contribution is -0.870. The zero-order chi connectivity index (χ0) is 35.8. The summed E-state index contributed by atoms with van der Waals surface area (Å²) in [4.78, 5) is 35.1. The molecule has 0 aliphatic carbocycles. The predicted molar refractivity (Wildman–Crippen MR) is 197 cm³/mol. The number of carbonyl (C=O) groups excluding carboxylic acids is 2. The van der Waals surface area contributed by atoms with E-state index in [1.54, 1.807) is 0 Å². The lowest BCUT2D eigenvalue weighted by Crippen LogP contribution is -2.37. The van der Waals surface area contributed by atoms with Crippen LogP contribution in [0.3, 0.4) is 0 Å². The molecule has 0 heterocycles. The number of phosphoric acid groups is 1. The second-order valence-corrected chi connectivity index (χ2v) is 15.8. The minimum absolute atomic E-state index is 0.0330. The van der Waals surface area contributed by atoms with E-state index in [1.807, 2.05) is 21.1 Å². The fourth-order valence-electron chi connectivity index (χ4n) is 5.18. The van der Waals surface area contributed by atoms with Gasteiger partial charge in [0.05, 0.1) is 27.7 Å². The van der Waals surface area contributed by atoms with Crippen molar-refractivity contribution in [3.05, 3.63) is 12.2 Å². The Kier molecular flexibility index (Phi) is 30.9. The van der Waals surface area contributed by atoms with Crippen LogP contribution in [0.15, 0.2) is 12.2 Å². The van der Waals surface area contributed by atoms with Crippen LogP contribution in [0, 0.1) is 0 Å². The molecule has 0 bridgehead atoms. The number of allylic oxidation sites excluding steroid dienone is 2. The number of esters is 2. The maximum Gasteiger partial charge on any atom is 0.472 e. The number of hydrogen-bond donors (Lipinski definition) is 1. The second kappa shape index (κ2) is 31.7. The monoisotopic (exact) mass is 705 g/mol. The lowest BCUT2D eigenvalue weighted by atomic mass is 10.1. The van der Waals surface area contributed by atoms with Crippen LogP contribution < -0.4 is 0 Å². The van der Waals surface area contributed by atoms with Gasteiger partial charge in [-0.05, 0) is 38.5 Å². The maximum atomic E-state index is 12.6. The van der Waals surface area contributed by atoms with Crippen LogP contribution in [-0.4, -0.2) is 74.9 Å². The number of quaternary nitrogens is 1. The average Bonchev–Trinajstić information content (AvgIpc) is 3.02. The second-order valence-electron chi connectivity index (χ2n) is 14.3. The van der Waals surface area contributed by atoms with Gasteiger partial charge in [-0.25, -0.2) is 4.57 Å². The molecule has 0 saturated carbocycles. The molecule has 0 aliphatic heterocycles. The highest BCUT2D eigenvalue weighted by molar-refractivity contribution is 7.47. The van der Waals surface area contributed by atoms with E-state index in [9.17, 15) is 19.0 Å². The number of carbonyl (C=O) groups is 2. The molecule has 0 saturated heterocycles. The fraction of sp³-hybridized carbons (Fsp3) is 0.895. The largest absolute Gasteiger partial charge is 0.472 e. The van der Waals surface area contributed by atoms with Crippen molar-refractivity contribution in [3.63, 3.8) is 0 Å². The Morgan fingerprint density at radius 1 is 0.625 bits per heavy atom. The molecule has 0 aromatic rings. The van der Waals surface area contributed by atoms with Crippen LogP contribution in [-0.2, 0) is 32.7 Å². The minimum Gasteiger partial charge on any atom is -0.462 e. The zero-order valence-electron chi connectivity index (χ0n) is 31.7. The molecule has 1 unspecified atom stereocenters. The van der Waals surface area contributed by atoms with Crippen molar-refractivity contribution in [1.29, 1.82) is 0 Å². The molecule has 0 spiro atoms. The summed E-state index contributed by atoms with van der Waals surface area (Å²) in [6.45, 7) is 4.38. The molecule has 10 heteroatoms. The number of nitrogens with zero attached hydrogens (tertiary/aromatic N) is 1. The Labute approximate surface area is 295 Å². The fourth-order valence-corrected chi connectivity index (χ4v) is 5.93. The van der Waals surface area contributed by atoms with Gasteiger partial charge in [0.25, 0.3) is 0 Å². The van der Waals surface area contributed by atoms with Crippen molar-refractivity contribution in [3.8, 4) is 0 Å². The highest BCUT2D eigenvalue weighted by Crippen LogP contribution is 2.43. The van der Waals surface area contributed by atoms with Gasteiger partial charge in [-0.15, -0.1) is 0 Å². The Morgan fingerprint density at radius 3 is 1.54 bits per heavy atom. The Morgan fingerprint density at radius 2 is 1.06 bits per heavy atom. The van der Waals surface area contributed by atoms with Gasteiger partial charge < -0.3 is 18.9 Å². The summed E-state index contributed by atoms with van der Waals surface area (Å²) in [6, 6.07) is 0. The normalized spacial score (nSPS) is 13.9. The van der Waals surface area contributed by atoms with Crippen LogP contribution >= 0.6 is 7.82 Å². The van der Waals surface area contributed by atoms with E-state index in [2.05, 4.69) is 26.0 Å². The molecule has 1 N–H and O–H groups in total. The molecule has 0 amide bonds. The highest BCUT2D eigenvalue weighted by Gasteiger charge is 2.27. The van der Waals surface area contributed by atoms with Crippen LogP contribution in [0.25, 0.3) is 0 Å². The van der Waals surface area contributed by atoms with Gasteiger partial charge in [0.2, 0.25) is 0 Å². The third-order valence-electron chi connectivity index (χ3n) is 8.30. The van der Waals surface area contributed by atoms with Crippen LogP contribution in [0.1, 0.15) is 168 Å². The quantitative estimate of drug-likeness (QED) is 0.0228. The number of rotatable bonds is 35. The van der Waals surface area contributed by atoms with E-state index in [0.29, 0.717) is 17.4 Å². The zero-order valence-corrected chi connectivity index (χ0v) is 32.6. The van der Waals surface area contributed by atoms with Crippen LogP contribution in [0.4, 0.5) is 0 Å². The topological polar surface area (TPSA) is 108 Å². The number of ether oxygens (including phenoxy) is 2. The Balaban J connectivity index is 4.39. The first kappa shape index (κ1) is 46.8. The summed E-state index contributed by atoms with van der Waals surface area (Å²) >= 11 is 0. The first-order chi connectivity index (χ1) is 23.0. The Bertz CT molecular complexity index is 845. The van der Waals surface area contributed by atoms with E-state index in [-0.39, 0.29) is 32.0 Å². The molecule has 9 nitrogen and oxygen atoms in total. The van der Waals surface area contributed by atoms with Gasteiger partial charge in [0.1, 0.15) is 19.8 Å². The van der Waals surface area contributed by atoms with Crippen molar-refractivity contribution in [2.24, 2.45) is 0 Å². The summed E-state index contributed by atoms with van der Waals surface area (Å²) in [5, 5.41) is 0. The molecule has 0 radical (unpaired) electrons. The van der Waals surface area contributed by atoms with E-state index in [4.69, 9.17) is 18.5 Å². The van der Waals surface area contributed by atoms with Crippen molar-refractivity contribution in [1.82, 2.24) is 0 Å². The first-order valence-electron chi connectivity index (χ1n) is 19.4. The molecular weight excluding hydrogens is 629 g/mol.